The van der Waals surface area contributed by atoms with E-state index in [0.29, 0.717) is 24.5 Å². The smallest absolute Gasteiger partial charge is 0.254 e. The maximum Gasteiger partial charge on any atom is 0.254 e. The third-order valence-corrected chi connectivity index (χ3v) is 7.09. The second-order valence-corrected chi connectivity index (χ2v) is 9.53. The van der Waals surface area contributed by atoms with Crippen LogP contribution in [0.4, 0.5) is 0 Å². The number of hydrogen-bond acceptors (Lipinski definition) is 5. The molecular weight excluding hydrogens is 448 g/mol. The molecule has 4 rings (SSSR count). The average Bonchev–Trinajstić information content (AvgIpc) is 3.35. The van der Waals surface area contributed by atoms with Crippen molar-refractivity contribution in [1.82, 2.24) is 9.80 Å². The minimum absolute atomic E-state index is 0.0177. The average molecular weight is 479 g/mol. The molecule has 1 aromatic heterocycles. The van der Waals surface area contributed by atoms with Crippen molar-refractivity contribution in [2.24, 2.45) is 0 Å². The van der Waals surface area contributed by atoms with E-state index in [9.17, 15) is 9.59 Å². The van der Waals surface area contributed by atoms with Crippen molar-refractivity contribution < 1.29 is 19.1 Å². The van der Waals surface area contributed by atoms with E-state index in [-0.39, 0.29) is 30.4 Å². The van der Waals surface area contributed by atoms with E-state index in [1.807, 2.05) is 49.1 Å². The van der Waals surface area contributed by atoms with Gasteiger partial charge in [-0.3, -0.25) is 9.59 Å². The van der Waals surface area contributed by atoms with Gasteiger partial charge in [-0.15, -0.1) is 11.3 Å². The van der Waals surface area contributed by atoms with E-state index >= 15 is 0 Å². The number of ether oxygens (including phenoxy) is 2. The number of rotatable bonds is 8. The number of hydrogen-bond donors (Lipinski definition) is 0. The zero-order chi connectivity index (χ0) is 24.1. The van der Waals surface area contributed by atoms with E-state index in [2.05, 4.69) is 11.4 Å². The first-order valence-corrected chi connectivity index (χ1v) is 12.3. The number of methoxy groups -OCH3 is 1. The van der Waals surface area contributed by atoms with Crippen molar-refractivity contribution in [2.75, 3.05) is 26.8 Å². The van der Waals surface area contributed by atoms with Crippen LogP contribution in [0.3, 0.4) is 0 Å². The zero-order valence-corrected chi connectivity index (χ0v) is 20.6. The minimum Gasteiger partial charge on any atom is -0.497 e. The lowest BCUT2D eigenvalue weighted by atomic mass is 10.00. The van der Waals surface area contributed by atoms with Gasteiger partial charge in [-0.2, -0.15) is 0 Å². The molecule has 0 fully saturated rings. The Morgan fingerprint density at radius 3 is 2.47 bits per heavy atom. The molecule has 0 unspecified atom stereocenters. The Hall–Kier alpha value is -3.32. The van der Waals surface area contributed by atoms with Crippen LogP contribution in [0.1, 0.15) is 40.7 Å². The van der Waals surface area contributed by atoms with Crippen molar-refractivity contribution in [3.8, 4) is 11.5 Å². The fourth-order valence-electron chi connectivity index (χ4n) is 4.19. The van der Waals surface area contributed by atoms with Gasteiger partial charge in [0.2, 0.25) is 5.91 Å². The summed E-state index contributed by atoms with van der Waals surface area (Å²) < 4.78 is 11.3. The molecule has 178 valence electrons. The van der Waals surface area contributed by atoms with Crippen LogP contribution in [-0.2, 0) is 11.2 Å². The molecule has 34 heavy (non-hydrogen) atoms. The summed E-state index contributed by atoms with van der Waals surface area (Å²) in [7, 11) is 1.59. The van der Waals surface area contributed by atoms with Gasteiger partial charge in [0.05, 0.1) is 13.2 Å². The molecule has 3 aromatic rings. The van der Waals surface area contributed by atoms with E-state index in [4.69, 9.17) is 9.47 Å². The predicted molar refractivity (Wildman–Crippen MR) is 134 cm³/mol. The highest BCUT2D eigenvalue weighted by molar-refractivity contribution is 7.10. The molecule has 7 heteroatoms. The molecule has 0 bridgehead atoms. The standard InChI is InChI=1S/C27H30N2O4S/c1-19(2)29(27(31)20-9-11-21(32-3)12-10-20)17-26(30)28-15-13-25-23(14-16-34-25)24(28)18-33-22-7-5-4-6-8-22/h4-12,14,16,19,24H,13,15,17-18H2,1-3H3/t24-/m1/s1. The van der Waals surface area contributed by atoms with Gasteiger partial charge in [0.15, 0.2) is 0 Å². The summed E-state index contributed by atoms with van der Waals surface area (Å²) in [6, 6.07) is 18.4. The maximum absolute atomic E-state index is 13.6. The molecule has 2 amide bonds. The van der Waals surface area contributed by atoms with Gasteiger partial charge in [-0.1, -0.05) is 18.2 Å². The van der Waals surface area contributed by atoms with Crippen molar-refractivity contribution >= 4 is 23.2 Å². The summed E-state index contributed by atoms with van der Waals surface area (Å²) >= 11 is 1.72. The first kappa shape index (κ1) is 23.8. The van der Waals surface area contributed by atoms with E-state index in [1.54, 1.807) is 47.6 Å². The highest BCUT2D eigenvalue weighted by Crippen LogP contribution is 2.34. The number of thiophene rings is 1. The van der Waals surface area contributed by atoms with Crippen molar-refractivity contribution in [1.29, 1.82) is 0 Å². The lowest BCUT2D eigenvalue weighted by Crippen LogP contribution is -2.49. The molecule has 1 aliphatic heterocycles. The minimum atomic E-state index is -0.187. The zero-order valence-electron chi connectivity index (χ0n) is 19.8. The Morgan fingerprint density at radius 1 is 1.06 bits per heavy atom. The first-order chi connectivity index (χ1) is 16.5. The van der Waals surface area contributed by atoms with Gasteiger partial charge in [-0.05, 0) is 73.7 Å². The number of benzene rings is 2. The number of nitrogens with zero attached hydrogens (tertiary/aromatic N) is 2. The van der Waals surface area contributed by atoms with Crippen LogP contribution in [0.15, 0.2) is 66.0 Å². The van der Waals surface area contributed by atoms with Crippen LogP contribution in [0.25, 0.3) is 0 Å². The molecule has 0 radical (unpaired) electrons. The fourth-order valence-corrected chi connectivity index (χ4v) is 5.12. The number of amides is 2. The normalized spacial score (nSPS) is 15.1. The van der Waals surface area contributed by atoms with E-state index in [0.717, 1.165) is 17.7 Å². The number of fused-ring (bicyclic) bond motifs is 1. The summed E-state index contributed by atoms with van der Waals surface area (Å²) in [6.45, 7) is 4.85. The molecule has 6 nitrogen and oxygen atoms in total. The highest BCUT2D eigenvalue weighted by Gasteiger charge is 2.34. The van der Waals surface area contributed by atoms with E-state index < -0.39 is 0 Å². The van der Waals surface area contributed by atoms with Crippen molar-refractivity contribution in [3.63, 3.8) is 0 Å². The summed E-state index contributed by atoms with van der Waals surface area (Å²) in [4.78, 5) is 31.6. The first-order valence-electron chi connectivity index (χ1n) is 11.5. The van der Waals surface area contributed by atoms with Crippen molar-refractivity contribution in [3.05, 3.63) is 82.0 Å². The molecule has 0 saturated heterocycles. The Morgan fingerprint density at radius 2 is 1.79 bits per heavy atom. The summed E-state index contributed by atoms with van der Waals surface area (Å²) in [5, 5.41) is 2.07. The molecule has 1 aliphatic rings. The number of para-hydroxylation sites is 1. The Labute approximate surface area is 204 Å². The second-order valence-electron chi connectivity index (χ2n) is 8.53. The molecule has 0 aliphatic carbocycles. The SMILES string of the molecule is COc1ccc(C(=O)N(CC(=O)N2CCc3sccc3[C@H]2COc2ccccc2)C(C)C)cc1. The Bertz CT molecular complexity index is 1110. The van der Waals surface area contributed by atoms with Gasteiger partial charge in [0, 0.05) is 23.0 Å². The molecule has 2 heterocycles. The topological polar surface area (TPSA) is 59.1 Å². The largest absolute Gasteiger partial charge is 0.497 e. The molecule has 0 spiro atoms. The molecule has 0 N–H and O–H groups in total. The molecule has 2 aromatic carbocycles. The molecular formula is C27H30N2O4S. The molecule has 0 saturated carbocycles. The molecule has 1 atom stereocenters. The summed E-state index contributed by atoms with van der Waals surface area (Å²) in [5.74, 6) is 1.21. The lowest BCUT2D eigenvalue weighted by Gasteiger charge is -2.37. The third kappa shape index (κ3) is 5.25. The van der Waals surface area contributed by atoms with Crippen LogP contribution < -0.4 is 9.47 Å². The number of carbonyl (C=O) groups is 2. The predicted octanol–water partition coefficient (Wildman–Crippen LogP) is 4.81. The van der Waals surface area contributed by atoms with Crippen LogP contribution in [0.2, 0.25) is 0 Å². The Balaban J connectivity index is 1.51. The number of carbonyl (C=O) groups excluding carboxylic acids is 2. The second kappa shape index (κ2) is 10.7. The van der Waals surface area contributed by atoms with Gasteiger partial charge in [0.1, 0.15) is 24.7 Å². The fraction of sp³-hybridized carbons (Fsp3) is 0.333. The van der Waals surface area contributed by atoms with E-state index in [1.165, 1.54) is 4.88 Å². The Kier molecular flexibility index (Phi) is 7.53. The quantitative estimate of drug-likeness (QED) is 0.466. The monoisotopic (exact) mass is 478 g/mol. The van der Waals surface area contributed by atoms with Crippen LogP contribution in [0.5, 0.6) is 11.5 Å². The third-order valence-electron chi connectivity index (χ3n) is 6.09. The van der Waals surface area contributed by atoms with Gasteiger partial charge < -0.3 is 19.3 Å². The van der Waals surface area contributed by atoms with Crippen LogP contribution in [0, 0.1) is 0 Å². The highest BCUT2D eigenvalue weighted by atomic mass is 32.1. The van der Waals surface area contributed by atoms with Gasteiger partial charge in [-0.25, -0.2) is 0 Å². The van der Waals surface area contributed by atoms with Crippen molar-refractivity contribution in [2.45, 2.75) is 32.4 Å². The van der Waals surface area contributed by atoms with Gasteiger partial charge >= 0.3 is 0 Å². The van der Waals surface area contributed by atoms with Crippen LogP contribution in [-0.4, -0.2) is 54.5 Å². The van der Waals surface area contributed by atoms with Crippen LogP contribution >= 0.6 is 11.3 Å². The summed E-state index contributed by atoms with van der Waals surface area (Å²) in [5.41, 5.74) is 1.67. The van der Waals surface area contributed by atoms with Gasteiger partial charge in [0.25, 0.3) is 5.91 Å². The lowest BCUT2D eigenvalue weighted by molar-refractivity contribution is -0.136. The summed E-state index contributed by atoms with van der Waals surface area (Å²) in [6.07, 6.45) is 0.814. The maximum atomic E-state index is 13.6.